The van der Waals surface area contributed by atoms with Crippen LogP contribution in [0.15, 0.2) is 24.7 Å². The first-order valence-electron chi connectivity index (χ1n) is 7.74. The van der Waals surface area contributed by atoms with Crippen LogP contribution in [0.3, 0.4) is 0 Å². The van der Waals surface area contributed by atoms with Crippen LogP contribution in [0.1, 0.15) is 37.7 Å². The molecular formula is C16H22N6. The van der Waals surface area contributed by atoms with Crippen molar-refractivity contribution in [2.45, 2.75) is 39.2 Å². The highest BCUT2D eigenvalue weighted by atomic mass is 15.2. The molecule has 2 aromatic rings. The van der Waals surface area contributed by atoms with Gasteiger partial charge in [0.1, 0.15) is 17.5 Å². The van der Waals surface area contributed by atoms with Gasteiger partial charge in [0, 0.05) is 37.0 Å². The van der Waals surface area contributed by atoms with Gasteiger partial charge in [-0.25, -0.2) is 15.0 Å². The van der Waals surface area contributed by atoms with Crippen molar-refractivity contribution in [3.05, 3.63) is 36.2 Å². The van der Waals surface area contributed by atoms with Crippen molar-refractivity contribution in [1.29, 1.82) is 0 Å². The van der Waals surface area contributed by atoms with Gasteiger partial charge in [-0.3, -0.25) is 4.98 Å². The Labute approximate surface area is 131 Å². The molecule has 1 unspecified atom stereocenters. The molecule has 0 saturated carbocycles. The van der Waals surface area contributed by atoms with Crippen LogP contribution < -0.4 is 5.32 Å². The van der Waals surface area contributed by atoms with Crippen LogP contribution in [0, 0.1) is 6.92 Å². The molecule has 1 aliphatic heterocycles. The Bertz CT molecular complexity index is 628. The molecule has 1 atom stereocenters. The van der Waals surface area contributed by atoms with Gasteiger partial charge in [0.05, 0.1) is 11.9 Å². The molecule has 2 aromatic heterocycles. The molecule has 1 saturated heterocycles. The summed E-state index contributed by atoms with van der Waals surface area (Å²) >= 11 is 0. The smallest absolute Gasteiger partial charge is 0.150 e. The van der Waals surface area contributed by atoms with E-state index in [2.05, 4.69) is 44.0 Å². The van der Waals surface area contributed by atoms with E-state index in [0.717, 1.165) is 36.8 Å². The highest BCUT2D eigenvalue weighted by Gasteiger charge is 2.26. The zero-order chi connectivity index (χ0) is 15.5. The number of hydrogen-bond donors (Lipinski definition) is 1. The van der Waals surface area contributed by atoms with E-state index >= 15 is 0 Å². The Morgan fingerprint density at radius 2 is 2.09 bits per heavy atom. The summed E-state index contributed by atoms with van der Waals surface area (Å²) < 4.78 is 0. The zero-order valence-corrected chi connectivity index (χ0v) is 13.3. The maximum atomic E-state index is 4.64. The van der Waals surface area contributed by atoms with Crippen LogP contribution >= 0.6 is 0 Å². The second-order valence-corrected chi connectivity index (χ2v) is 6.02. The second-order valence-electron chi connectivity index (χ2n) is 6.02. The SMILES string of the molecule is Cc1nc(Nc2cnccn2)cc(C2CCN(C(C)C)C2)n1. The van der Waals surface area contributed by atoms with Gasteiger partial charge in [-0.05, 0) is 33.7 Å². The molecule has 0 bridgehead atoms. The lowest BCUT2D eigenvalue weighted by molar-refractivity contribution is 0.272. The standard InChI is InChI=1S/C16H22N6/c1-11(2)22-7-4-13(10-22)14-8-15(20-12(3)19-14)21-16-9-17-5-6-18-16/h5-6,8-9,11,13H,4,7,10H2,1-3H3,(H,18,19,20,21). The van der Waals surface area contributed by atoms with Crippen LogP contribution in [0.25, 0.3) is 0 Å². The van der Waals surface area contributed by atoms with Gasteiger partial charge in [0.25, 0.3) is 0 Å². The Hall–Kier alpha value is -2.08. The number of rotatable bonds is 4. The lowest BCUT2D eigenvalue weighted by atomic mass is 10.0. The molecule has 1 N–H and O–H groups in total. The molecule has 0 amide bonds. The van der Waals surface area contributed by atoms with E-state index in [-0.39, 0.29) is 0 Å². The van der Waals surface area contributed by atoms with Crippen LogP contribution in [0.4, 0.5) is 11.6 Å². The summed E-state index contributed by atoms with van der Waals surface area (Å²) in [5.41, 5.74) is 1.11. The van der Waals surface area contributed by atoms with E-state index in [4.69, 9.17) is 0 Å². The fourth-order valence-electron chi connectivity index (χ4n) is 2.86. The minimum Gasteiger partial charge on any atom is -0.324 e. The maximum absolute atomic E-state index is 4.64. The van der Waals surface area contributed by atoms with E-state index in [9.17, 15) is 0 Å². The van der Waals surface area contributed by atoms with Crippen LogP contribution in [-0.4, -0.2) is 44.0 Å². The Kier molecular flexibility index (Phi) is 4.29. The molecule has 3 heterocycles. The van der Waals surface area contributed by atoms with Crippen molar-refractivity contribution in [1.82, 2.24) is 24.8 Å². The van der Waals surface area contributed by atoms with Crippen molar-refractivity contribution in [3.63, 3.8) is 0 Å². The number of hydrogen-bond acceptors (Lipinski definition) is 6. The summed E-state index contributed by atoms with van der Waals surface area (Å²) in [6, 6.07) is 2.63. The van der Waals surface area contributed by atoms with Crippen molar-refractivity contribution >= 4 is 11.6 Å². The summed E-state index contributed by atoms with van der Waals surface area (Å²) in [5, 5.41) is 3.20. The molecular weight excluding hydrogens is 276 g/mol. The van der Waals surface area contributed by atoms with Gasteiger partial charge in [-0.1, -0.05) is 0 Å². The van der Waals surface area contributed by atoms with E-state index in [1.807, 2.05) is 13.0 Å². The first-order chi connectivity index (χ1) is 10.6. The molecule has 116 valence electrons. The van der Waals surface area contributed by atoms with E-state index in [1.54, 1.807) is 18.6 Å². The second kappa shape index (κ2) is 6.36. The molecule has 22 heavy (non-hydrogen) atoms. The molecule has 6 nitrogen and oxygen atoms in total. The Morgan fingerprint density at radius 1 is 1.23 bits per heavy atom. The number of nitrogens with one attached hydrogen (secondary N) is 1. The molecule has 3 rings (SSSR count). The average molecular weight is 298 g/mol. The third-order valence-corrected chi connectivity index (χ3v) is 4.05. The summed E-state index contributed by atoms with van der Waals surface area (Å²) in [6.07, 6.45) is 6.15. The lowest BCUT2D eigenvalue weighted by Crippen LogP contribution is -2.28. The fourth-order valence-corrected chi connectivity index (χ4v) is 2.86. The lowest BCUT2D eigenvalue weighted by Gasteiger charge is -2.20. The molecule has 0 aliphatic carbocycles. The van der Waals surface area contributed by atoms with Crippen molar-refractivity contribution < 1.29 is 0 Å². The molecule has 0 spiro atoms. The fraction of sp³-hybridized carbons (Fsp3) is 0.500. The first kappa shape index (κ1) is 14.8. The van der Waals surface area contributed by atoms with Crippen molar-refractivity contribution in [2.24, 2.45) is 0 Å². The van der Waals surface area contributed by atoms with E-state index in [1.165, 1.54) is 0 Å². The highest BCUT2D eigenvalue weighted by Crippen LogP contribution is 2.28. The normalized spacial score (nSPS) is 18.8. The van der Waals surface area contributed by atoms with E-state index in [0.29, 0.717) is 17.8 Å². The van der Waals surface area contributed by atoms with Gasteiger partial charge in [0.2, 0.25) is 0 Å². The first-order valence-corrected chi connectivity index (χ1v) is 7.74. The average Bonchev–Trinajstić information content (AvgIpc) is 2.98. The number of aromatic nitrogens is 4. The largest absolute Gasteiger partial charge is 0.324 e. The van der Waals surface area contributed by atoms with Gasteiger partial charge in [-0.15, -0.1) is 0 Å². The monoisotopic (exact) mass is 298 g/mol. The van der Waals surface area contributed by atoms with Crippen LogP contribution in [0.5, 0.6) is 0 Å². The maximum Gasteiger partial charge on any atom is 0.150 e. The van der Waals surface area contributed by atoms with Gasteiger partial charge < -0.3 is 10.2 Å². The number of anilines is 2. The number of nitrogens with zero attached hydrogens (tertiary/aromatic N) is 5. The van der Waals surface area contributed by atoms with Crippen LogP contribution in [0.2, 0.25) is 0 Å². The minimum atomic E-state index is 0.478. The van der Waals surface area contributed by atoms with Gasteiger partial charge >= 0.3 is 0 Å². The summed E-state index contributed by atoms with van der Waals surface area (Å²) in [5.74, 6) is 2.74. The van der Waals surface area contributed by atoms with Crippen LogP contribution in [-0.2, 0) is 0 Å². The summed E-state index contributed by atoms with van der Waals surface area (Å²) in [6.45, 7) is 8.63. The minimum absolute atomic E-state index is 0.478. The molecule has 0 radical (unpaired) electrons. The summed E-state index contributed by atoms with van der Waals surface area (Å²) in [4.78, 5) is 19.9. The Morgan fingerprint density at radius 3 is 2.77 bits per heavy atom. The Balaban J connectivity index is 1.79. The molecule has 1 fully saturated rings. The highest BCUT2D eigenvalue weighted by molar-refractivity contribution is 5.50. The molecule has 1 aliphatic rings. The molecule has 6 heteroatoms. The summed E-state index contributed by atoms with van der Waals surface area (Å²) in [7, 11) is 0. The third kappa shape index (κ3) is 3.39. The third-order valence-electron chi connectivity index (χ3n) is 4.05. The van der Waals surface area contributed by atoms with Gasteiger partial charge in [-0.2, -0.15) is 0 Å². The van der Waals surface area contributed by atoms with Gasteiger partial charge in [0.15, 0.2) is 0 Å². The quantitative estimate of drug-likeness (QED) is 0.935. The topological polar surface area (TPSA) is 66.8 Å². The predicted octanol–water partition coefficient (Wildman–Crippen LogP) is 2.52. The number of likely N-dealkylation sites (tertiary alicyclic amines) is 1. The predicted molar refractivity (Wildman–Crippen MR) is 86.2 cm³/mol. The molecule has 0 aromatic carbocycles. The van der Waals surface area contributed by atoms with E-state index < -0.39 is 0 Å². The van der Waals surface area contributed by atoms with Crippen molar-refractivity contribution in [2.75, 3.05) is 18.4 Å². The zero-order valence-electron chi connectivity index (χ0n) is 13.3. The number of aryl methyl sites for hydroxylation is 1. The van der Waals surface area contributed by atoms with Crippen molar-refractivity contribution in [3.8, 4) is 0 Å².